The molecule has 0 amide bonds. The summed E-state index contributed by atoms with van der Waals surface area (Å²) in [6, 6.07) is 1.43. The maximum atomic E-state index is 4.62. The fraction of sp³-hybridized carbons (Fsp3) is 0.960. The number of aliphatic imine (C=N–C) groups is 1. The van der Waals surface area contributed by atoms with E-state index in [2.05, 4.69) is 37.4 Å². The summed E-state index contributed by atoms with van der Waals surface area (Å²) in [5.74, 6) is 1.02. The Morgan fingerprint density at radius 3 is 2.13 bits per heavy atom. The van der Waals surface area contributed by atoms with Gasteiger partial charge in [-0.3, -0.25) is 9.89 Å². The first-order chi connectivity index (χ1) is 15.2. The minimum absolute atomic E-state index is 0.300. The van der Waals surface area contributed by atoms with Crippen molar-refractivity contribution in [1.29, 1.82) is 0 Å². The molecule has 3 saturated heterocycles. The zero-order valence-electron chi connectivity index (χ0n) is 20.4. The Morgan fingerprint density at radius 2 is 1.48 bits per heavy atom. The zero-order chi connectivity index (χ0) is 21.5. The number of hydrogen-bond donors (Lipinski definition) is 2. The van der Waals surface area contributed by atoms with Gasteiger partial charge in [-0.2, -0.15) is 0 Å². The summed E-state index contributed by atoms with van der Waals surface area (Å²) in [4.78, 5) is 12.7. The summed E-state index contributed by atoms with van der Waals surface area (Å²) in [6.45, 7) is 8.51. The van der Waals surface area contributed by atoms with Crippen molar-refractivity contribution in [1.82, 2.24) is 25.3 Å². The standard InChI is InChI=1S/C25H48N6/c1-26-24(28-22-11-17-30(18-12-22)23-9-5-3-6-10-23)27-21-25(13-19-29(2)20-14-25)31-15-7-4-8-16-31/h22-23H,3-21H2,1-2H3,(H2,26,27,28). The lowest BCUT2D eigenvalue weighted by Crippen LogP contribution is -2.62. The van der Waals surface area contributed by atoms with Gasteiger partial charge in [0.1, 0.15) is 0 Å². The van der Waals surface area contributed by atoms with Crippen molar-refractivity contribution in [3.63, 3.8) is 0 Å². The highest BCUT2D eigenvalue weighted by Crippen LogP contribution is 2.31. The highest BCUT2D eigenvalue weighted by molar-refractivity contribution is 5.80. The molecule has 0 bridgehead atoms. The molecule has 31 heavy (non-hydrogen) atoms. The number of guanidine groups is 1. The molecule has 1 aliphatic carbocycles. The quantitative estimate of drug-likeness (QED) is 0.517. The second kappa shape index (κ2) is 11.3. The lowest BCUT2D eigenvalue weighted by atomic mass is 9.84. The van der Waals surface area contributed by atoms with E-state index in [9.17, 15) is 0 Å². The summed E-state index contributed by atoms with van der Waals surface area (Å²) in [5, 5.41) is 7.56. The molecule has 0 atom stereocenters. The van der Waals surface area contributed by atoms with Gasteiger partial charge in [-0.15, -0.1) is 0 Å². The second-order valence-corrected chi connectivity index (χ2v) is 10.7. The molecular weight excluding hydrogens is 384 g/mol. The first-order valence-corrected chi connectivity index (χ1v) is 13.3. The number of likely N-dealkylation sites (tertiary alicyclic amines) is 3. The van der Waals surface area contributed by atoms with E-state index in [1.807, 2.05) is 7.05 Å². The second-order valence-electron chi connectivity index (χ2n) is 10.7. The van der Waals surface area contributed by atoms with Gasteiger partial charge >= 0.3 is 0 Å². The Labute approximate surface area is 191 Å². The van der Waals surface area contributed by atoms with Gasteiger partial charge in [0.15, 0.2) is 5.96 Å². The number of nitrogens with zero attached hydrogens (tertiary/aromatic N) is 4. The van der Waals surface area contributed by atoms with Gasteiger partial charge in [-0.05, 0) is 84.6 Å². The van der Waals surface area contributed by atoms with Gasteiger partial charge in [0.25, 0.3) is 0 Å². The maximum absolute atomic E-state index is 4.62. The van der Waals surface area contributed by atoms with Crippen molar-refractivity contribution in [2.24, 2.45) is 4.99 Å². The fourth-order valence-electron chi connectivity index (χ4n) is 6.50. The average Bonchev–Trinajstić information content (AvgIpc) is 2.84. The summed E-state index contributed by atoms with van der Waals surface area (Å²) >= 11 is 0. The molecule has 6 nitrogen and oxygen atoms in total. The van der Waals surface area contributed by atoms with Crippen LogP contribution in [0.5, 0.6) is 0 Å². The lowest BCUT2D eigenvalue weighted by Gasteiger charge is -2.50. The molecule has 0 aromatic carbocycles. The van der Waals surface area contributed by atoms with Crippen LogP contribution in [0.15, 0.2) is 4.99 Å². The van der Waals surface area contributed by atoms with Crippen LogP contribution in [0.3, 0.4) is 0 Å². The number of hydrogen-bond acceptors (Lipinski definition) is 4. The largest absolute Gasteiger partial charge is 0.355 e. The predicted octanol–water partition coefficient (Wildman–Crippen LogP) is 2.90. The molecule has 0 spiro atoms. The van der Waals surface area contributed by atoms with Crippen LogP contribution in [0, 0.1) is 0 Å². The molecule has 2 N–H and O–H groups in total. The van der Waals surface area contributed by atoms with Crippen LogP contribution in [0.25, 0.3) is 0 Å². The molecule has 3 heterocycles. The molecule has 6 heteroatoms. The SMILES string of the molecule is CN=C(NCC1(N2CCCCC2)CCN(C)CC1)NC1CCN(C2CCCCC2)CC1. The van der Waals surface area contributed by atoms with E-state index in [1.165, 1.54) is 116 Å². The molecule has 0 aromatic rings. The van der Waals surface area contributed by atoms with Crippen LogP contribution < -0.4 is 10.6 Å². The Bertz CT molecular complexity index is 550. The van der Waals surface area contributed by atoms with Crippen LogP contribution in [0.2, 0.25) is 0 Å². The molecule has 3 aliphatic heterocycles. The summed E-state index contributed by atoms with van der Waals surface area (Å²) < 4.78 is 0. The topological polar surface area (TPSA) is 46.1 Å². The minimum Gasteiger partial charge on any atom is -0.355 e. The van der Waals surface area contributed by atoms with Crippen LogP contribution >= 0.6 is 0 Å². The molecule has 4 aliphatic rings. The molecule has 1 saturated carbocycles. The fourth-order valence-corrected chi connectivity index (χ4v) is 6.50. The Morgan fingerprint density at radius 1 is 0.839 bits per heavy atom. The molecular formula is C25H48N6. The Kier molecular flexibility index (Phi) is 8.52. The van der Waals surface area contributed by atoms with Crippen LogP contribution in [0.4, 0.5) is 0 Å². The monoisotopic (exact) mass is 432 g/mol. The minimum atomic E-state index is 0.300. The number of nitrogens with one attached hydrogen (secondary N) is 2. The van der Waals surface area contributed by atoms with Gasteiger partial charge in [-0.1, -0.05) is 25.7 Å². The van der Waals surface area contributed by atoms with E-state index in [0.717, 1.165) is 18.5 Å². The van der Waals surface area contributed by atoms with E-state index in [4.69, 9.17) is 0 Å². The lowest BCUT2D eigenvalue weighted by molar-refractivity contribution is 0.0172. The Hall–Kier alpha value is -0.850. The van der Waals surface area contributed by atoms with Gasteiger partial charge in [-0.25, -0.2) is 0 Å². The highest BCUT2D eigenvalue weighted by atomic mass is 15.3. The molecule has 0 radical (unpaired) electrons. The van der Waals surface area contributed by atoms with Crippen molar-refractivity contribution < 1.29 is 0 Å². The van der Waals surface area contributed by atoms with Crippen molar-refractivity contribution in [2.75, 3.05) is 59.9 Å². The van der Waals surface area contributed by atoms with Crippen molar-refractivity contribution >= 4 is 5.96 Å². The highest BCUT2D eigenvalue weighted by Gasteiger charge is 2.39. The third kappa shape index (κ3) is 6.14. The van der Waals surface area contributed by atoms with E-state index >= 15 is 0 Å². The van der Waals surface area contributed by atoms with E-state index < -0.39 is 0 Å². The average molecular weight is 433 g/mol. The zero-order valence-corrected chi connectivity index (χ0v) is 20.4. The van der Waals surface area contributed by atoms with E-state index in [1.54, 1.807) is 0 Å². The van der Waals surface area contributed by atoms with Crippen LogP contribution in [-0.4, -0.2) is 98.2 Å². The molecule has 0 unspecified atom stereocenters. The van der Waals surface area contributed by atoms with E-state index in [0.29, 0.717) is 11.6 Å². The normalized spacial score (nSPS) is 28.5. The van der Waals surface area contributed by atoms with Crippen LogP contribution in [-0.2, 0) is 0 Å². The third-order valence-corrected chi connectivity index (χ3v) is 8.71. The van der Waals surface area contributed by atoms with Crippen LogP contribution in [0.1, 0.15) is 77.0 Å². The summed E-state index contributed by atoms with van der Waals surface area (Å²) in [7, 11) is 4.21. The molecule has 0 aromatic heterocycles. The molecule has 178 valence electrons. The van der Waals surface area contributed by atoms with Crippen molar-refractivity contribution in [3.8, 4) is 0 Å². The first-order valence-electron chi connectivity index (χ1n) is 13.3. The van der Waals surface area contributed by atoms with Gasteiger partial charge in [0.05, 0.1) is 0 Å². The first kappa shape index (κ1) is 23.3. The summed E-state index contributed by atoms with van der Waals surface area (Å²) in [5.41, 5.74) is 0.300. The van der Waals surface area contributed by atoms with Gasteiger partial charge in [0.2, 0.25) is 0 Å². The Balaban J connectivity index is 1.27. The van der Waals surface area contributed by atoms with E-state index in [-0.39, 0.29) is 0 Å². The predicted molar refractivity (Wildman–Crippen MR) is 131 cm³/mol. The van der Waals surface area contributed by atoms with Crippen molar-refractivity contribution in [3.05, 3.63) is 0 Å². The summed E-state index contributed by atoms with van der Waals surface area (Å²) in [6.07, 6.45) is 16.4. The van der Waals surface area contributed by atoms with Gasteiger partial charge < -0.3 is 20.4 Å². The number of rotatable bonds is 5. The van der Waals surface area contributed by atoms with Crippen molar-refractivity contribution in [2.45, 2.75) is 94.7 Å². The maximum Gasteiger partial charge on any atom is 0.191 e. The molecule has 4 rings (SSSR count). The smallest absolute Gasteiger partial charge is 0.191 e. The van der Waals surface area contributed by atoms with Gasteiger partial charge in [0, 0.05) is 44.3 Å². The third-order valence-electron chi connectivity index (χ3n) is 8.71. The molecule has 4 fully saturated rings. The number of piperidine rings is 3.